The van der Waals surface area contributed by atoms with E-state index in [1.165, 1.54) is 6.20 Å². The van der Waals surface area contributed by atoms with Gasteiger partial charge in [-0.05, 0) is 31.7 Å². The van der Waals surface area contributed by atoms with Crippen LogP contribution in [-0.2, 0) is 23.6 Å². The van der Waals surface area contributed by atoms with Gasteiger partial charge < -0.3 is 9.88 Å². The molecule has 0 saturated heterocycles. The van der Waals surface area contributed by atoms with Crippen LogP contribution in [0.2, 0.25) is 0 Å². The van der Waals surface area contributed by atoms with E-state index >= 15 is 0 Å². The predicted octanol–water partition coefficient (Wildman–Crippen LogP) is 1.25. The van der Waals surface area contributed by atoms with Gasteiger partial charge in [-0.1, -0.05) is 12.1 Å². The fourth-order valence-corrected chi connectivity index (χ4v) is 2.90. The Kier molecular flexibility index (Phi) is 4.10. The predicted molar refractivity (Wildman–Crippen MR) is 78.0 cm³/mol. The molecule has 2 aromatic rings. The van der Waals surface area contributed by atoms with E-state index in [1.807, 2.05) is 19.2 Å². The van der Waals surface area contributed by atoms with E-state index in [4.69, 9.17) is 0 Å². The molecule has 0 aliphatic carbocycles. The van der Waals surface area contributed by atoms with Gasteiger partial charge in [-0.15, -0.1) is 0 Å². The molecular weight excluding hydrogens is 276 g/mol. The van der Waals surface area contributed by atoms with Crippen LogP contribution in [0.25, 0.3) is 0 Å². The zero-order valence-corrected chi connectivity index (χ0v) is 12.5. The second-order valence-corrected chi connectivity index (χ2v) is 6.20. The monoisotopic (exact) mass is 294 g/mol. The minimum atomic E-state index is -3.65. The topological polar surface area (TPSA) is 76.0 Å². The Bertz CT molecular complexity index is 687. The van der Waals surface area contributed by atoms with Crippen LogP contribution in [0, 0.1) is 6.92 Å². The molecule has 7 heteroatoms. The van der Waals surface area contributed by atoms with Gasteiger partial charge in [0, 0.05) is 25.5 Å². The summed E-state index contributed by atoms with van der Waals surface area (Å²) in [7, 11) is -0.0494. The summed E-state index contributed by atoms with van der Waals surface area (Å²) in [6.07, 6.45) is 1.50. The highest BCUT2D eigenvalue weighted by Crippen LogP contribution is 2.16. The number of rotatable bonds is 5. The lowest BCUT2D eigenvalue weighted by Gasteiger charge is -2.07. The molecule has 0 bridgehead atoms. The van der Waals surface area contributed by atoms with Crippen molar-refractivity contribution >= 4 is 15.7 Å². The van der Waals surface area contributed by atoms with Gasteiger partial charge in [0.15, 0.2) is 5.03 Å². The van der Waals surface area contributed by atoms with Crippen molar-refractivity contribution in [2.24, 2.45) is 7.05 Å². The van der Waals surface area contributed by atoms with Gasteiger partial charge in [0.2, 0.25) is 0 Å². The summed E-state index contributed by atoms with van der Waals surface area (Å²) in [5.41, 5.74) is 1.53. The van der Waals surface area contributed by atoms with Crippen molar-refractivity contribution in [1.82, 2.24) is 14.9 Å². The third kappa shape index (κ3) is 3.17. The first-order valence-corrected chi connectivity index (χ1v) is 7.67. The molecule has 6 nitrogen and oxygen atoms in total. The van der Waals surface area contributed by atoms with E-state index < -0.39 is 10.0 Å². The Labute approximate surface area is 118 Å². The number of hydrogen-bond donors (Lipinski definition) is 2. The number of benzene rings is 1. The lowest BCUT2D eigenvalue weighted by Crippen LogP contribution is -2.14. The first-order chi connectivity index (χ1) is 9.42. The summed E-state index contributed by atoms with van der Waals surface area (Å²) < 4.78 is 28.7. The van der Waals surface area contributed by atoms with Crippen LogP contribution in [0.3, 0.4) is 0 Å². The molecule has 0 spiro atoms. The van der Waals surface area contributed by atoms with Crippen molar-refractivity contribution in [3.63, 3.8) is 0 Å². The maximum atomic E-state index is 12.2. The smallest absolute Gasteiger partial charge is 0.280 e. The number of anilines is 1. The maximum Gasteiger partial charge on any atom is 0.280 e. The second-order valence-electron chi connectivity index (χ2n) is 4.57. The van der Waals surface area contributed by atoms with Gasteiger partial charge in [0.05, 0.1) is 0 Å². The Balaban J connectivity index is 2.26. The highest BCUT2D eigenvalue weighted by molar-refractivity contribution is 7.92. The summed E-state index contributed by atoms with van der Waals surface area (Å²) >= 11 is 0. The van der Waals surface area contributed by atoms with Crippen LogP contribution < -0.4 is 10.0 Å². The summed E-state index contributed by atoms with van der Waals surface area (Å²) in [6.45, 7) is 2.44. The van der Waals surface area contributed by atoms with E-state index in [2.05, 4.69) is 15.0 Å². The third-order valence-electron chi connectivity index (χ3n) is 2.92. The summed E-state index contributed by atoms with van der Waals surface area (Å²) in [6, 6.07) is 7.25. The normalized spacial score (nSPS) is 11.6. The van der Waals surface area contributed by atoms with E-state index in [9.17, 15) is 8.42 Å². The molecule has 0 saturated carbocycles. The van der Waals surface area contributed by atoms with Crippen molar-refractivity contribution in [2.45, 2.75) is 18.5 Å². The van der Waals surface area contributed by atoms with E-state index in [0.717, 1.165) is 5.56 Å². The van der Waals surface area contributed by atoms with Crippen molar-refractivity contribution in [3.8, 4) is 0 Å². The second kappa shape index (κ2) is 5.64. The van der Waals surface area contributed by atoms with E-state index in [1.54, 1.807) is 30.7 Å². The van der Waals surface area contributed by atoms with Crippen LogP contribution in [0.4, 0.5) is 5.69 Å². The Morgan fingerprint density at radius 3 is 2.70 bits per heavy atom. The molecule has 0 radical (unpaired) electrons. The molecule has 0 aliphatic heterocycles. The van der Waals surface area contributed by atoms with E-state index in [0.29, 0.717) is 18.1 Å². The fraction of sp³-hybridized carbons (Fsp3) is 0.308. The number of hydrogen-bond acceptors (Lipinski definition) is 4. The number of aryl methyl sites for hydroxylation is 2. The third-order valence-corrected chi connectivity index (χ3v) is 4.17. The molecule has 0 atom stereocenters. The Morgan fingerprint density at radius 1 is 1.35 bits per heavy atom. The van der Waals surface area contributed by atoms with Crippen LogP contribution >= 0.6 is 0 Å². The average molecular weight is 294 g/mol. The highest BCUT2D eigenvalue weighted by Gasteiger charge is 2.18. The Morgan fingerprint density at radius 2 is 2.10 bits per heavy atom. The number of nitrogens with one attached hydrogen (secondary N) is 2. The highest BCUT2D eigenvalue weighted by atomic mass is 32.2. The minimum absolute atomic E-state index is 0.0246. The molecule has 2 rings (SSSR count). The molecule has 1 aromatic heterocycles. The van der Waals surface area contributed by atoms with Crippen LogP contribution in [0.15, 0.2) is 35.5 Å². The number of aromatic nitrogens is 2. The molecule has 0 fully saturated rings. The van der Waals surface area contributed by atoms with Gasteiger partial charge in [-0.3, -0.25) is 4.72 Å². The number of imidazole rings is 1. The summed E-state index contributed by atoms with van der Waals surface area (Å²) in [4.78, 5) is 4.04. The minimum Gasteiger partial charge on any atom is -0.337 e. The van der Waals surface area contributed by atoms with Crippen molar-refractivity contribution < 1.29 is 8.42 Å². The molecule has 108 valence electrons. The number of sulfonamides is 1. The molecule has 2 N–H and O–H groups in total. The molecule has 0 unspecified atom stereocenters. The van der Waals surface area contributed by atoms with Crippen molar-refractivity contribution in [3.05, 3.63) is 41.9 Å². The average Bonchev–Trinajstić information content (AvgIpc) is 2.71. The fourth-order valence-electron chi connectivity index (χ4n) is 1.81. The molecule has 20 heavy (non-hydrogen) atoms. The lowest BCUT2D eigenvalue weighted by molar-refractivity contribution is 0.598. The van der Waals surface area contributed by atoms with Gasteiger partial charge in [-0.2, -0.15) is 8.42 Å². The molecule has 1 heterocycles. The summed E-state index contributed by atoms with van der Waals surface area (Å²) in [5, 5.41) is 3.05. The first kappa shape index (κ1) is 14.5. The van der Waals surface area contributed by atoms with Gasteiger partial charge in [0.1, 0.15) is 5.82 Å². The van der Waals surface area contributed by atoms with Crippen molar-refractivity contribution in [1.29, 1.82) is 0 Å². The van der Waals surface area contributed by atoms with Gasteiger partial charge in [0.25, 0.3) is 10.0 Å². The van der Waals surface area contributed by atoms with E-state index in [-0.39, 0.29) is 5.03 Å². The molecule has 1 aromatic carbocycles. The van der Waals surface area contributed by atoms with Gasteiger partial charge in [-0.25, -0.2) is 4.98 Å². The molecule has 0 amide bonds. The molecule has 0 aliphatic rings. The van der Waals surface area contributed by atoms with Crippen LogP contribution in [0.5, 0.6) is 0 Å². The lowest BCUT2D eigenvalue weighted by atomic mass is 10.2. The Hall–Kier alpha value is -1.86. The van der Waals surface area contributed by atoms with Crippen LogP contribution in [0.1, 0.15) is 11.4 Å². The standard InChI is InChI=1S/C13H18N4O2S/c1-10-15-13(9-17(10)3)20(18,19)16-12-6-4-5-11(7-12)8-14-2/h4-7,9,14,16H,8H2,1-3H3. The zero-order chi connectivity index (χ0) is 14.8. The zero-order valence-electron chi connectivity index (χ0n) is 11.7. The summed E-state index contributed by atoms with van der Waals surface area (Å²) in [5.74, 6) is 0.648. The SMILES string of the molecule is CNCc1cccc(NS(=O)(=O)c2cn(C)c(C)n2)c1. The quantitative estimate of drug-likeness (QED) is 0.870. The van der Waals surface area contributed by atoms with Gasteiger partial charge >= 0.3 is 0 Å². The van der Waals surface area contributed by atoms with Crippen LogP contribution in [-0.4, -0.2) is 25.0 Å². The molecular formula is C13H18N4O2S. The first-order valence-electron chi connectivity index (χ1n) is 6.18. The van der Waals surface area contributed by atoms with Crippen molar-refractivity contribution in [2.75, 3.05) is 11.8 Å². The maximum absolute atomic E-state index is 12.2. The number of nitrogens with zero attached hydrogens (tertiary/aromatic N) is 2. The largest absolute Gasteiger partial charge is 0.337 e.